The lowest BCUT2D eigenvalue weighted by atomic mass is 10.0. The molecule has 22 heavy (non-hydrogen) atoms. The highest BCUT2D eigenvalue weighted by molar-refractivity contribution is 5.78. The van der Waals surface area contributed by atoms with Gasteiger partial charge in [0.1, 0.15) is 0 Å². The molecule has 2 aliphatic rings. The van der Waals surface area contributed by atoms with Crippen LogP contribution in [0.15, 0.2) is 30.3 Å². The van der Waals surface area contributed by atoms with E-state index in [0.29, 0.717) is 12.1 Å². The first kappa shape index (κ1) is 15.5. The number of amides is 1. The first-order chi connectivity index (χ1) is 10.8. The number of hydrogen-bond donors (Lipinski definition) is 1. The third kappa shape index (κ3) is 3.87. The zero-order valence-electron chi connectivity index (χ0n) is 13.3. The summed E-state index contributed by atoms with van der Waals surface area (Å²) in [6.45, 7) is 3.00. The van der Waals surface area contributed by atoms with E-state index >= 15 is 0 Å². The van der Waals surface area contributed by atoms with Gasteiger partial charge in [-0.1, -0.05) is 30.3 Å². The predicted molar refractivity (Wildman–Crippen MR) is 88.3 cm³/mol. The maximum Gasteiger partial charge on any atom is 0.236 e. The largest absolute Gasteiger partial charge is 0.337 e. The van der Waals surface area contributed by atoms with E-state index in [9.17, 15) is 4.79 Å². The summed E-state index contributed by atoms with van der Waals surface area (Å²) >= 11 is 0. The molecule has 1 aromatic carbocycles. The van der Waals surface area contributed by atoms with Gasteiger partial charge in [0.15, 0.2) is 0 Å². The molecule has 0 bridgehead atoms. The number of rotatable bonds is 6. The van der Waals surface area contributed by atoms with E-state index in [1.807, 2.05) is 4.90 Å². The van der Waals surface area contributed by atoms with Crippen molar-refractivity contribution in [3.05, 3.63) is 35.9 Å². The van der Waals surface area contributed by atoms with E-state index in [4.69, 9.17) is 5.73 Å². The summed E-state index contributed by atoms with van der Waals surface area (Å²) in [5, 5.41) is 0. The summed E-state index contributed by atoms with van der Waals surface area (Å²) in [5.41, 5.74) is 6.95. The van der Waals surface area contributed by atoms with Gasteiger partial charge < -0.3 is 10.6 Å². The molecule has 1 saturated heterocycles. The van der Waals surface area contributed by atoms with Crippen LogP contribution in [0.25, 0.3) is 0 Å². The molecule has 2 N–H and O–H groups in total. The average molecular weight is 301 g/mol. The van der Waals surface area contributed by atoms with Gasteiger partial charge in [0.25, 0.3) is 0 Å². The molecule has 0 spiro atoms. The summed E-state index contributed by atoms with van der Waals surface area (Å²) in [5.74, 6) is 0.111. The molecule has 120 valence electrons. The van der Waals surface area contributed by atoms with Crippen molar-refractivity contribution in [3.8, 4) is 0 Å². The van der Waals surface area contributed by atoms with E-state index in [-0.39, 0.29) is 12.5 Å². The van der Waals surface area contributed by atoms with Crippen molar-refractivity contribution in [3.63, 3.8) is 0 Å². The maximum atomic E-state index is 12.1. The molecule has 0 radical (unpaired) electrons. The van der Waals surface area contributed by atoms with E-state index in [1.165, 1.54) is 24.8 Å². The smallest absolute Gasteiger partial charge is 0.236 e. The topological polar surface area (TPSA) is 49.6 Å². The molecule has 3 rings (SSSR count). The molecule has 1 aromatic rings. The number of likely N-dealkylation sites (tertiary alicyclic amines) is 1. The van der Waals surface area contributed by atoms with Crippen LogP contribution >= 0.6 is 0 Å². The number of nitrogens with zero attached hydrogens (tertiary/aromatic N) is 2. The molecular weight excluding hydrogens is 274 g/mol. The molecule has 0 unspecified atom stereocenters. The van der Waals surface area contributed by atoms with E-state index in [0.717, 1.165) is 32.5 Å². The predicted octanol–water partition coefficient (Wildman–Crippen LogP) is 1.99. The van der Waals surface area contributed by atoms with Gasteiger partial charge in [-0.3, -0.25) is 9.69 Å². The molecule has 1 aliphatic heterocycles. The van der Waals surface area contributed by atoms with Crippen molar-refractivity contribution in [2.75, 3.05) is 19.6 Å². The van der Waals surface area contributed by atoms with Crippen molar-refractivity contribution in [1.82, 2.24) is 9.80 Å². The third-order valence-corrected chi connectivity index (χ3v) is 4.86. The SMILES string of the molecule is NCC(=O)N1CCCC[C@H]1CN(Cc1ccccc1)C1CC1. The Morgan fingerprint density at radius 2 is 1.95 bits per heavy atom. The Balaban J connectivity index is 1.65. The Labute approximate surface area is 133 Å². The summed E-state index contributed by atoms with van der Waals surface area (Å²) in [6.07, 6.45) is 6.05. The Bertz CT molecular complexity index is 486. The molecule has 1 heterocycles. The highest BCUT2D eigenvalue weighted by Crippen LogP contribution is 2.30. The van der Waals surface area contributed by atoms with Crippen LogP contribution in [0, 0.1) is 0 Å². The zero-order valence-corrected chi connectivity index (χ0v) is 13.3. The quantitative estimate of drug-likeness (QED) is 0.874. The lowest BCUT2D eigenvalue weighted by Gasteiger charge is -2.39. The lowest BCUT2D eigenvalue weighted by Crippen LogP contribution is -2.51. The maximum absolute atomic E-state index is 12.1. The second kappa shape index (κ2) is 7.25. The summed E-state index contributed by atoms with van der Waals surface area (Å²) in [6, 6.07) is 11.7. The number of hydrogen-bond acceptors (Lipinski definition) is 3. The van der Waals surface area contributed by atoms with Crippen LogP contribution in [0.5, 0.6) is 0 Å². The fraction of sp³-hybridized carbons (Fsp3) is 0.611. The average Bonchev–Trinajstić information content (AvgIpc) is 3.40. The monoisotopic (exact) mass is 301 g/mol. The molecule has 0 aromatic heterocycles. The van der Waals surface area contributed by atoms with Crippen molar-refractivity contribution in [2.45, 2.75) is 50.7 Å². The molecule has 1 aliphatic carbocycles. The normalized spacial score (nSPS) is 22.1. The molecule has 4 heteroatoms. The van der Waals surface area contributed by atoms with Gasteiger partial charge in [-0.15, -0.1) is 0 Å². The Morgan fingerprint density at radius 1 is 1.18 bits per heavy atom. The lowest BCUT2D eigenvalue weighted by molar-refractivity contribution is -0.133. The fourth-order valence-corrected chi connectivity index (χ4v) is 3.51. The van der Waals surface area contributed by atoms with Gasteiger partial charge in [-0.05, 0) is 37.7 Å². The van der Waals surface area contributed by atoms with Crippen LogP contribution in [0.4, 0.5) is 0 Å². The van der Waals surface area contributed by atoms with Crippen molar-refractivity contribution in [1.29, 1.82) is 0 Å². The highest BCUT2D eigenvalue weighted by Gasteiger charge is 2.34. The Hall–Kier alpha value is -1.39. The first-order valence-corrected chi connectivity index (χ1v) is 8.55. The van der Waals surface area contributed by atoms with Crippen molar-refractivity contribution < 1.29 is 4.79 Å². The number of piperidine rings is 1. The molecule has 2 fully saturated rings. The van der Waals surface area contributed by atoms with Crippen LogP contribution in [-0.2, 0) is 11.3 Å². The van der Waals surface area contributed by atoms with Gasteiger partial charge in [-0.25, -0.2) is 0 Å². The highest BCUT2D eigenvalue weighted by atomic mass is 16.2. The molecule has 1 atom stereocenters. The van der Waals surface area contributed by atoms with Gasteiger partial charge >= 0.3 is 0 Å². The van der Waals surface area contributed by atoms with E-state index < -0.39 is 0 Å². The molecular formula is C18H27N3O. The third-order valence-electron chi connectivity index (χ3n) is 4.86. The van der Waals surface area contributed by atoms with Crippen molar-refractivity contribution >= 4 is 5.91 Å². The Kier molecular flexibility index (Phi) is 5.11. The second-order valence-electron chi connectivity index (χ2n) is 6.59. The number of nitrogens with two attached hydrogens (primary N) is 1. The van der Waals surface area contributed by atoms with Gasteiger partial charge in [0.2, 0.25) is 5.91 Å². The minimum atomic E-state index is 0.111. The Morgan fingerprint density at radius 3 is 2.64 bits per heavy atom. The van der Waals surface area contributed by atoms with Crippen LogP contribution in [0.3, 0.4) is 0 Å². The molecule has 4 nitrogen and oxygen atoms in total. The summed E-state index contributed by atoms with van der Waals surface area (Å²) in [4.78, 5) is 16.7. The zero-order chi connectivity index (χ0) is 15.4. The second-order valence-corrected chi connectivity index (χ2v) is 6.59. The first-order valence-electron chi connectivity index (χ1n) is 8.55. The van der Waals surface area contributed by atoms with Crippen LogP contribution in [0.2, 0.25) is 0 Å². The number of carbonyl (C=O) groups is 1. The number of carbonyl (C=O) groups excluding carboxylic acids is 1. The summed E-state index contributed by atoms with van der Waals surface area (Å²) in [7, 11) is 0. The van der Waals surface area contributed by atoms with E-state index in [1.54, 1.807) is 0 Å². The fourth-order valence-electron chi connectivity index (χ4n) is 3.51. The van der Waals surface area contributed by atoms with E-state index in [2.05, 4.69) is 35.2 Å². The van der Waals surface area contributed by atoms with Gasteiger partial charge in [0, 0.05) is 31.7 Å². The van der Waals surface area contributed by atoms with Crippen LogP contribution in [-0.4, -0.2) is 47.4 Å². The minimum Gasteiger partial charge on any atom is -0.337 e. The molecule has 1 amide bonds. The number of benzene rings is 1. The standard InChI is InChI=1S/C18H27N3O/c19-12-18(22)21-11-5-4-8-17(21)14-20(16-9-10-16)13-15-6-2-1-3-7-15/h1-3,6-7,16-17H,4-5,8-14,19H2/t17-/m0/s1. The van der Waals surface area contributed by atoms with Crippen LogP contribution in [0.1, 0.15) is 37.7 Å². The molecule has 1 saturated carbocycles. The van der Waals surface area contributed by atoms with Crippen molar-refractivity contribution in [2.24, 2.45) is 5.73 Å². The van der Waals surface area contributed by atoms with Gasteiger partial charge in [0.05, 0.1) is 6.54 Å². The van der Waals surface area contributed by atoms with Crippen LogP contribution < -0.4 is 5.73 Å². The minimum absolute atomic E-state index is 0.111. The summed E-state index contributed by atoms with van der Waals surface area (Å²) < 4.78 is 0. The van der Waals surface area contributed by atoms with Gasteiger partial charge in [-0.2, -0.15) is 0 Å².